The summed E-state index contributed by atoms with van der Waals surface area (Å²) >= 11 is 0. The second kappa shape index (κ2) is 8.50. The van der Waals surface area contributed by atoms with Gasteiger partial charge in [-0.25, -0.2) is 0 Å². The van der Waals surface area contributed by atoms with Gasteiger partial charge in [0.15, 0.2) is 5.60 Å². The van der Waals surface area contributed by atoms with Crippen LogP contribution in [0.15, 0.2) is 48.5 Å². The maximum Gasteiger partial charge on any atom is 0.270 e. The predicted octanol–water partition coefficient (Wildman–Crippen LogP) is 4.45. The van der Waals surface area contributed by atoms with Crippen LogP contribution in [0, 0.1) is 0 Å². The van der Waals surface area contributed by atoms with E-state index in [0.717, 1.165) is 32.4 Å². The Kier molecular flexibility index (Phi) is 5.80. The summed E-state index contributed by atoms with van der Waals surface area (Å²) in [6.07, 6.45) is 5.20. The fourth-order valence-corrected chi connectivity index (χ4v) is 4.26. The summed E-state index contributed by atoms with van der Waals surface area (Å²) in [5.41, 5.74) is 1.56. The second-order valence-electron chi connectivity index (χ2n) is 8.69. The van der Waals surface area contributed by atoms with Gasteiger partial charge in [0.25, 0.3) is 11.8 Å². The average molecular weight is 407 g/mol. The van der Waals surface area contributed by atoms with Gasteiger partial charge in [-0.2, -0.15) is 0 Å². The fourth-order valence-electron chi connectivity index (χ4n) is 4.26. The minimum atomic E-state index is -0.931. The first kappa shape index (κ1) is 20.5. The first-order valence-corrected chi connectivity index (χ1v) is 10.9. The number of carbonyl (C=O) groups is 2. The quantitative estimate of drug-likeness (QED) is 0.754. The zero-order chi connectivity index (χ0) is 21.1. The molecule has 2 amide bonds. The highest BCUT2D eigenvalue weighted by Gasteiger charge is 2.41. The minimum Gasteiger partial charge on any atom is -0.476 e. The van der Waals surface area contributed by atoms with Gasteiger partial charge in [0.1, 0.15) is 5.75 Å². The number of hydrogen-bond donors (Lipinski definition) is 0. The molecule has 2 heterocycles. The SMILES string of the molecule is CC1(C)Oc2ccc(C(=O)N3CCCCCC3)cc2N(CCc2ccccc2)C1=O. The lowest BCUT2D eigenvalue weighted by atomic mass is 10.0. The first-order valence-electron chi connectivity index (χ1n) is 10.9. The Balaban J connectivity index is 1.62. The molecule has 5 heteroatoms. The Morgan fingerprint density at radius 3 is 2.40 bits per heavy atom. The predicted molar refractivity (Wildman–Crippen MR) is 118 cm³/mol. The number of carbonyl (C=O) groups excluding carboxylic acids is 2. The smallest absolute Gasteiger partial charge is 0.270 e. The van der Waals surface area contributed by atoms with Gasteiger partial charge in [0.05, 0.1) is 5.69 Å². The molecule has 0 unspecified atom stereocenters. The van der Waals surface area contributed by atoms with Crippen molar-refractivity contribution in [2.24, 2.45) is 0 Å². The van der Waals surface area contributed by atoms with Crippen molar-refractivity contribution in [2.45, 2.75) is 51.6 Å². The number of nitrogens with zero attached hydrogens (tertiary/aromatic N) is 2. The van der Waals surface area contributed by atoms with E-state index in [1.54, 1.807) is 18.7 Å². The highest BCUT2D eigenvalue weighted by atomic mass is 16.5. The minimum absolute atomic E-state index is 0.0417. The third-order valence-corrected chi connectivity index (χ3v) is 5.98. The van der Waals surface area contributed by atoms with E-state index in [1.807, 2.05) is 41.3 Å². The Morgan fingerprint density at radius 1 is 1.00 bits per heavy atom. The lowest BCUT2D eigenvalue weighted by molar-refractivity contribution is -0.132. The summed E-state index contributed by atoms with van der Waals surface area (Å²) in [5.74, 6) is 0.616. The first-order chi connectivity index (χ1) is 14.5. The van der Waals surface area contributed by atoms with Crippen LogP contribution in [-0.2, 0) is 11.2 Å². The van der Waals surface area contributed by atoms with Gasteiger partial charge in [0, 0.05) is 25.2 Å². The molecule has 0 aliphatic carbocycles. The van der Waals surface area contributed by atoms with Gasteiger partial charge in [-0.15, -0.1) is 0 Å². The van der Waals surface area contributed by atoms with Crippen LogP contribution >= 0.6 is 0 Å². The Labute approximate surface area is 178 Å². The van der Waals surface area contributed by atoms with Crippen molar-refractivity contribution in [3.8, 4) is 5.75 Å². The summed E-state index contributed by atoms with van der Waals surface area (Å²) in [4.78, 5) is 30.0. The molecule has 0 bridgehead atoms. The molecular weight excluding hydrogens is 376 g/mol. The number of anilines is 1. The lowest BCUT2D eigenvalue weighted by Gasteiger charge is -2.39. The largest absolute Gasteiger partial charge is 0.476 e. The third kappa shape index (κ3) is 4.20. The van der Waals surface area contributed by atoms with Crippen molar-refractivity contribution in [2.75, 3.05) is 24.5 Å². The molecule has 2 aliphatic heterocycles. The highest BCUT2D eigenvalue weighted by Crippen LogP contribution is 2.38. The Hall–Kier alpha value is -2.82. The van der Waals surface area contributed by atoms with Crippen molar-refractivity contribution in [3.63, 3.8) is 0 Å². The summed E-state index contributed by atoms with van der Waals surface area (Å²) < 4.78 is 6.00. The van der Waals surface area contributed by atoms with Crippen LogP contribution in [0.25, 0.3) is 0 Å². The van der Waals surface area contributed by atoms with E-state index >= 15 is 0 Å². The van der Waals surface area contributed by atoms with Gasteiger partial charge < -0.3 is 14.5 Å². The van der Waals surface area contributed by atoms with Crippen LogP contribution in [0.1, 0.15) is 55.5 Å². The number of fused-ring (bicyclic) bond motifs is 1. The van der Waals surface area contributed by atoms with Crippen LogP contribution in [0.5, 0.6) is 5.75 Å². The fraction of sp³-hybridized carbons (Fsp3) is 0.440. The molecule has 30 heavy (non-hydrogen) atoms. The molecule has 2 aromatic rings. The molecule has 1 saturated heterocycles. The summed E-state index contributed by atoms with van der Waals surface area (Å²) in [6.45, 7) is 5.74. The maximum atomic E-state index is 13.2. The van der Waals surface area contributed by atoms with E-state index < -0.39 is 5.60 Å². The van der Waals surface area contributed by atoms with Crippen LogP contribution in [0.2, 0.25) is 0 Å². The number of amides is 2. The zero-order valence-corrected chi connectivity index (χ0v) is 17.9. The van der Waals surface area contributed by atoms with E-state index in [-0.39, 0.29) is 11.8 Å². The zero-order valence-electron chi connectivity index (χ0n) is 17.9. The molecule has 0 aromatic heterocycles. The molecule has 0 spiro atoms. The van der Waals surface area contributed by atoms with Crippen LogP contribution in [0.3, 0.4) is 0 Å². The van der Waals surface area contributed by atoms with Crippen molar-refractivity contribution in [1.82, 2.24) is 4.90 Å². The molecule has 0 radical (unpaired) electrons. The number of rotatable bonds is 4. The number of hydrogen-bond acceptors (Lipinski definition) is 3. The standard InChI is InChI=1S/C25H30N2O3/c1-25(2)24(29)27(17-14-19-10-6-5-7-11-19)21-18-20(12-13-22(21)30-25)23(28)26-15-8-3-4-9-16-26/h5-7,10-13,18H,3-4,8-9,14-17H2,1-2H3. The van der Waals surface area contributed by atoms with Crippen molar-refractivity contribution in [3.05, 3.63) is 59.7 Å². The molecule has 0 atom stereocenters. The summed E-state index contributed by atoms with van der Waals surface area (Å²) in [7, 11) is 0. The molecule has 0 N–H and O–H groups in total. The molecule has 1 fully saturated rings. The number of likely N-dealkylation sites (tertiary alicyclic amines) is 1. The van der Waals surface area contributed by atoms with Crippen LogP contribution in [0.4, 0.5) is 5.69 Å². The van der Waals surface area contributed by atoms with Crippen molar-refractivity contribution in [1.29, 1.82) is 0 Å². The van der Waals surface area contributed by atoms with Gasteiger partial charge in [0.2, 0.25) is 0 Å². The van der Waals surface area contributed by atoms with Crippen molar-refractivity contribution >= 4 is 17.5 Å². The third-order valence-electron chi connectivity index (χ3n) is 5.98. The highest BCUT2D eigenvalue weighted by molar-refractivity contribution is 6.04. The molecule has 2 aromatic carbocycles. The number of ether oxygens (including phenoxy) is 1. The molecule has 2 aliphatic rings. The van der Waals surface area contributed by atoms with Gasteiger partial charge in [-0.3, -0.25) is 9.59 Å². The molecular formula is C25H30N2O3. The summed E-state index contributed by atoms with van der Waals surface area (Å²) in [6, 6.07) is 15.6. The van der Waals surface area contributed by atoms with Crippen LogP contribution < -0.4 is 9.64 Å². The normalized spacial score (nSPS) is 18.4. The number of benzene rings is 2. The molecule has 4 rings (SSSR count). The topological polar surface area (TPSA) is 49.9 Å². The average Bonchev–Trinajstić information content (AvgIpc) is 3.03. The van der Waals surface area contributed by atoms with Gasteiger partial charge in [-0.05, 0) is 56.9 Å². The lowest BCUT2D eigenvalue weighted by Crippen LogP contribution is -2.53. The van der Waals surface area contributed by atoms with E-state index in [2.05, 4.69) is 12.1 Å². The monoisotopic (exact) mass is 406 g/mol. The molecule has 5 nitrogen and oxygen atoms in total. The van der Waals surface area contributed by atoms with E-state index in [0.29, 0.717) is 23.5 Å². The second-order valence-corrected chi connectivity index (χ2v) is 8.69. The van der Waals surface area contributed by atoms with E-state index in [1.165, 1.54) is 18.4 Å². The maximum absolute atomic E-state index is 13.2. The van der Waals surface area contributed by atoms with Gasteiger partial charge >= 0.3 is 0 Å². The Bertz CT molecular complexity index is 915. The summed E-state index contributed by atoms with van der Waals surface area (Å²) in [5, 5.41) is 0. The van der Waals surface area contributed by atoms with Crippen molar-refractivity contribution < 1.29 is 14.3 Å². The van der Waals surface area contributed by atoms with E-state index in [9.17, 15) is 9.59 Å². The molecule has 158 valence electrons. The molecule has 0 saturated carbocycles. The van der Waals surface area contributed by atoms with Gasteiger partial charge in [-0.1, -0.05) is 43.2 Å². The van der Waals surface area contributed by atoms with Crippen LogP contribution in [-0.4, -0.2) is 41.9 Å². The van der Waals surface area contributed by atoms with E-state index in [4.69, 9.17) is 4.74 Å². The Morgan fingerprint density at radius 2 is 1.70 bits per heavy atom.